The first-order valence-corrected chi connectivity index (χ1v) is 10.4. The molecule has 0 radical (unpaired) electrons. The largest absolute Gasteiger partial charge is 0.457 e. The lowest BCUT2D eigenvalue weighted by Gasteiger charge is -2.20. The smallest absolute Gasteiger partial charge is 0.263 e. The van der Waals surface area contributed by atoms with Crippen LogP contribution in [-0.2, 0) is 14.4 Å². The van der Waals surface area contributed by atoms with Gasteiger partial charge in [-0.3, -0.25) is 19.4 Å². The van der Waals surface area contributed by atoms with E-state index in [1.165, 1.54) is 17.1 Å². The van der Waals surface area contributed by atoms with Crippen LogP contribution in [0.5, 0.6) is 11.5 Å². The van der Waals surface area contributed by atoms with E-state index in [0.29, 0.717) is 17.2 Å². The Kier molecular flexibility index (Phi) is 5.46. The molecule has 0 spiro atoms. The number of hydrogen-bond donors (Lipinski definition) is 1. The van der Waals surface area contributed by atoms with E-state index in [9.17, 15) is 18.8 Å². The van der Waals surface area contributed by atoms with Crippen molar-refractivity contribution in [3.05, 3.63) is 84.7 Å². The average molecular weight is 459 g/mol. The minimum Gasteiger partial charge on any atom is -0.457 e. The summed E-state index contributed by atoms with van der Waals surface area (Å²) < 4.78 is 18.9. The first-order valence-electron chi connectivity index (χ1n) is 10.4. The lowest BCUT2D eigenvalue weighted by molar-refractivity contribution is -0.123. The summed E-state index contributed by atoms with van der Waals surface area (Å²) in [4.78, 5) is 39.1. The fraction of sp³-hybridized carbons (Fsp3) is 0.125. The Balaban J connectivity index is 1.22. The van der Waals surface area contributed by atoms with Crippen molar-refractivity contribution in [1.82, 2.24) is 5.01 Å². The summed E-state index contributed by atoms with van der Waals surface area (Å²) in [6, 6.07) is 19.0. The van der Waals surface area contributed by atoms with Crippen LogP contribution < -0.4 is 15.0 Å². The van der Waals surface area contributed by atoms with Crippen molar-refractivity contribution in [2.24, 2.45) is 10.3 Å². The number of nitrogens with one attached hydrogen (secondary N) is 1. The lowest BCUT2D eigenvalue weighted by Crippen LogP contribution is -2.43. The van der Waals surface area contributed by atoms with E-state index in [1.807, 2.05) is 30.3 Å². The Labute approximate surface area is 193 Å². The number of anilines is 2. The molecule has 5 rings (SSSR count). The number of benzene rings is 3. The van der Waals surface area contributed by atoms with Crippen molar-refractivity contribution in [2.45, 2.75) is 12.1 Å². The second-order valence-corrected chi connectivity index (χ2v) is 7.67. The molecule has 170 valence electrons. The molecule has 3 aromatic rings. The number of para-hydroxylation sites is 1. The van der Waals surface area contributed by atoms with Gasteiger partial charge in [-0.15, -0.1) is 0 Å². The van der Waals surface area contributed by atoms with Gasteiger partial charge in [0.2, 0.25) is 5.91 Å². The van der Waals surface area contributed by atoms with Gasteiger partial charge in [-0.1, -0.05) is 23.4 Å². The van der Waals surface area contributed by atoms with Gasteiger partial charge in [0.05, 0.1) is 5.69 Å². The fourth-order valence-corrected chi connectivity index (χ4v) is 3.78. The molecule has 34 heavy (non-hydrogen) atoms. The van der Waals surface area contributed by atoms with Gasteiger partial charge in [0.1, 0.15) is 23.9 Å². The number of fused-ring (bicyclic) bond motifs is 1. The van der Waals surface area contributed by atoms with Crippen molar-refractivity contribution in [3.63, 3.8) is 0 Å². The third kappa shape index (κ3) is 4.08. The van der Waals surface area contributed by atoms with Crippen molar-refractivity contribution in [1.29, 1.82) is 0 Å². The maximum Gasteiger partial charge on any atom is 0.263 e. The van der Waals surface area contributed by atoms with Gasteiger partial charge in [0, 0.05) is 5.69 Å². The Morgan fingerprint density at radius 3 is 2.29 bits per heavy atom. The quantitative estimate of drug-likeness (QED) is 0.568. The van der Waals surface area contributed by atoms with E-state index in [4.69, 9.17) is 4.74 Å². The molecule has 2 aliphatic rings. The zero-order valence-electron chi connectivity index (χ0n) is 17.7. The van der Waals surface area contributed by atoms with Crippen LogP contribution in [0.25, 0.3) is 0 Å². The van der Waals surface area contributed by atoms with Crippen molar-refractivity contribution < 1.29 is 23.5 Å². The summed E-state index contributed by atoms with van der Waals surface area (Å²) in [7, 11) is 0. The third-order valence-corrected chi connectivity index (χ3v) is 5.37. The number of amides is 3. The Bertz CT molecular complexity index is 1260. The van der Waals surface area contributed by atoms with Gasteiger partial charge in [-0.2, -0.15) is 5.11 Å². The number of imide groups is 1. The highest BCUT2D eigenvalue weighted by molar-refractivity contribution is 6.25. The normalized spacial score (nSPS) is 18.9. The Hall–Kier alpha value is -4.60. The first kappa shape index (κ1) is 21.3. The average Bonchev–Trinajstić information content (AvgIpc) is 3.36. The van der Waals surface area contributed by atoms with Gasteiger partial charge >= 0.3 is 0 Å². The van der Waals surface area contributed by atoms with E-state index in [2.05, 4.69) is 15.7 Å². The number of hydrogen-bond acceptors (Lipinski definition) is 7. The lowest BCUT2D eigenvalue weighted by atomic mass is 10.1. The number of carbonyl (C=O) groups is 3. The zero-order chi connectivity index (χ0) is 23.7. The highest BCUT2D eigenvalue weighted by Gasteiger charge is 2.55. The van der Waals surface area contributed by atoms with Gasteiger partial charge < -0.3 is 10.1 Å². The molecule has 1 saturated heterocycles. The minimum absolute atomic E-state index is 0.239. The molecule has 2 atom stereocenters. The van der Waals surface area contributed by atoms with Gasteiger partial charge in [-0.05, 0) is 60.7 Å². The molecule has 2 heterocycles. The highest BCUT2D eigenvalue weighted by atomic mass is 19.1. The Morgan fingerprint density at radius 2 is 1.59 bits per heavy atom. The van der Waals surface area contributed by atoms with E-state index >= 15 is 0 Å². The predicted molar refractivity (Wildman–Crippen MR) is 120 cm³/mol. The minimum atomic E-state index is -1.04. The first-order chi connectivity index (χ1) is 16.5. The molecule has 3 aromatic carbocycles. The topological polar surface area (TPSA) is 104 Å². The number of nitrogens with zero attached hydrogens (tertiary/aromatic N) is 4. The van der Waals surface area contributed by atoms with Crippen LogP contribution in [0.4, 0.5) is 15.8 Å². The van der Waals surface area contributed by atoms with Crippen LogP contribution in [-0.4, -0.2) is 41.4 Å². The molecule has 0 saturated carbocycles. The molecule has 10 heteroatoms. The Morgan fingerprint density at radius 1 is 0.912 bits per heavy atom. The van der Waals surface area contributed by atoms with Gasteiger partial charge in [0.15, 0.2) is 12.1 Å². The molecule has 1 fully saturated rings. The number of ether oxygens (including phenoxy) is 1. The highest BCUT2D eigenvalue weighted by Crippen LogP contribution is 2.32. The molecular formula is C24H18FN5O4. The number of rotatable bonds is 6. The summed E-state index contributed by atoms with van der Waals surface area (Å²) in [6.45, 7) is -0.275. The second-order valence-electron chi connectivity index (χ2n) is 7.67. The summed E-state index contributed by atoms with van der Waals surface area (Å²) in [5, 5.41) is 11.7. The van der Waals surface area contributed by atoms with Crippen LogP contribution in [0.3, 0.4) is 0 Å². The van der Waals surface area contributed by atoms with Crippen molar-refractivity contribution in [3.8, 4) is 11.5 Å². The van der Waals surface area contributed by atoms with Gasteiger partial charge in [0.25, 0.3) is 11.8 Å². The summed E-state index contributed by atoms with van der Waals surface area (Å²) in [6.07, 6.45) is 0. The number of carbonyl (C=O) groups excluding carboxylic acids is 3. The van der Waals surface area contributed by atoms with E-state index in [0.717, 1.165) is 17.0 Å². The third-order valence-electron chi connectivity index (χ3n) is 5.37. The molecule has 2 aliphatic heterocycles. The molecular weight excluding hydrogens is 441 g/mol. The zero-order valence-corrected chi connectivity index (χ0v) is 17.7. The van der Waals surface area contributed by atoms with Crippen LogP contribution >= 0.6 is 0 Å². The molecule has 3 amide bonds. The van der Waals surface area contributed by atoms with Crippen molar-refractivity contribution in [2.75, 3.05) is 16.8 Å². The summed E-state index contributed by atoms with van der Waals surface area (Å²) in [5.41, 5.74) is 0.767. The molecule has 2 unspecified atom stereocenters. The molecule has 0 bridgehead atoms. The van der Waals surface area contributed by atoms with Crippen LogP contribution in [0.2, 0.25) is 0 Å². The van der Waals surface area contributed by atoms with E-state index < -0.39 is 35.6 Å². The van der Waals surface area contributed by atoms with E-state index in [1.54, 1.807) is 24.3 Å². The molecule has 0 aliphatic carbocycles. The summed E-state index contributed by atoms with van der Waals surface area (Å²) >= 11 is 0. The van der Waals surface area contributed by atoms with Crippen LogP contribution in [0.15, 0.2) is 89.2 Å². The maximum atomic E-state index is 13.2. The van der Waals surface area contributed by atoms with Crippen molar-refractivity contribution >= 4 is 29.1 Å². The molecule has 9 nitrogen and oxygen atoms in total. The molecule has 0 aromatic heterocycles. The SMILES string of the molecule is O=C(CN1N=NC2C(=O)N(c3ccc(F)cc3)C(=O)C21)Nc1ccc(Oc2ccccc2)cc1. The van der Waals surface area contributed by atoms with Gasteiger partial charge in [-0.25, -0.2) is 9.29 Å². The number of halogens is 1. The fourth-order valence-electron chi connectivity index (χ4n) is 3.78. The second kappa shape index (κ2) is 8.74. The standard InChI is InChI=1S/C24H18FN5O4/c25-15-6-10-17(11-7-15)30-23(32)21-22(24(30)33)29(28-27-21)14-20(31)26-16-8-12-19(13-9-16)34-18-4-2-1-3-5-18/h1-13,21-22H,14H2,(H,26,31). The molecule has 1 N–H and O–H groups in total. The van der Waals surface area contributed by atoms with E-state index in [-0.39, 0.29) is 12.2 Å². The van der Waals surface area contributed by atoms with Crippen LogP contribution in [0.1, 0.15) is 0 Å². The predicted octanol–water partition coefficient (Wildman–Crippen LogP) is 3.55. The maximum absolute atomic E-state index is 13.2. The summed E-state index contributed by atoms with van der Waals surface area (Å²) in [5.74, 6) is -0.753. The van der Waals surface area contributed by atoms with Crippen LogP contribution in [0, 0.1) is 5.82 Å². The monoisotopic (exact) mass is 459 g/mol.